The third kappa shape index (κ3) is 4.26. The van der Waals surface area contributed by atoms with E-state index in [-0.39, 0.29) is 10.8 Å². The Balaban J connectivity index is 2.68. The third-order valence-electron chi connectivity index (χ3n) is 5.86. The predicted molar refractivity (Wildman–Crippen MR) is 111 cm³/mol. The second-order valence-corrected chi connectivity index (χ2v) is 10.7. The zero-order valence-corrected chi connectivity index (χ0v) is 19.1. The molecule has 0 spiro atoms. The number of carbonyl (C=O) groups is 2. The Morgan fingerprint density at radius 1 is 0.786 bits per heavy atom. The van der Waals surface area contributed by atoms with Crippen LogP contribution in [0, 0.1) is 5.92 Å². The van der Waals surface area contributed by atoms with Crippen molar-refractivity contribution in [2.24, 2.45) is 5.92 Å². The topological polar surface area (TPSA) is 52.6 Å². The molecule has 1 aliphatic rings. The minimum absolute atomic E-state index is 0.0553. The number of esters is 2. The molecule has 0 saturated carbocycles. The van der Waals surface area contributed by atoms with Crippen LogP contribution in [-0.2, 0) is 35.3 Å². The molecular weight excluding hydrogens is 352 g/mol. The number of carbonyl (C=O) groups excluding carboxylic acids is 2. The molecule has 1 heterocycles. The fourth-order valence-corrected chi connectivity index (χ4v) is 3.64. The van der Waals surface area contributed by atoms with Crippen molar-refractivity contribution < 1.29 is 19.1 Å². The number of ether oxygens (including phenoxy) is 2. The molecule has 0 bridgehead atoms. The molecular formula is C24H36O4. The molecule has 0 amide bonds. The standard InChI is InChI=1S/C24H36O4/c1-11-24(10,18-19(25)27-23(8,9)28-20(18)26)17-13-15(21(2,3)4)12-16(14-17)22(5,6)7/h12-14,18H,11H2,1-10H3/t24-/m0/s1. The monoisotopic (exact) mass is 388 g/mol. The molecule has 0 radical (unpaired) electrons. The van der Waals surface area contributed by atoms with Crippen molar-refractivity contribution in [3.63, 3.8) is 0 Å². The Hall–Kier alpha value is -1.84. The van der Waals surface area contributed by atoms with Crippen LogP contribution in [0.15, 0.2) is 18.2 Å². The molecule has 4 nitrogen and oxygen atoms in total. The van der Waals surface area contributed by atoms with E-state index in [1.54, 1.807) is 13.8 Å². The fourth-order valence-electron chi connectivity index (χ4n) is 3.64. The minimum Gasteiger partial charge on any atom is -0.422 e. The Labute approximate surface area is 170 Å². The molecule has 1 aromatic carbocycles. The van der Waals surface area contributed by atoms with Gasteiger partial charge in [0.05, 0.1) is 0 Å². The summed E-state index contributed by atoms with van der Waals surface area (Å²) in [6.07, 6.45) is 0.611. The SMILES string of the molecule is CC[C@@](C)(c1cc(C(C)(C)C)cc(C(C)(C)C)c1)C1C(=O)OC(C)(C)OC1=O. The van der Waals surface area contributed by atoms with Crippen LogP contribution in [-0.4, -0.2) is 17.7 Å². The van der Waals surface area contributed by atoms with Gasteiger partial charge in [-0.1, -0.05) is 73.6 Å². The molecule has 2 rings (SSSR count). The van der Waals surface area contributed by atoms with E-state index >= 15 is 0 Å². The lowest BCUT2D eigenvalue weighted by Gasteiger charge is -2.42. The van der Waals surface area contributed by atoms with Crippen LogP contribution in [0.1, 0.15) is 92.3 Å². The first-order valence-corrected chi connectivity index (χ1v) is 10.1. The molecule has 1 fully saturated rings. The summed E-state index contributed by atoms with van der Waals surface area (Å²) in [7, 11) is 0. The van der Waals surface area contributed by atoms with E-state index in [2.05, 4.69) is 59.7 Å². The van der Waals surface area contributed by atoms with Crippen LogP contribution in [0.25, 0.3) is 0 Å². The molecule has 0 unspecified atom stereocenters. The largest absolute Gasteiger partial charge is 0.422 e. The summed E-state index contributed by atoms with van der Waals surface area (Å²) in [4.78, 5) is 25.7. The van der Waals surface area contributed by atoms with Gasteiger partial charge in [-0.15, -0.1) is 0 Å². The Morgan fingerprint density at radius 2 is 1.14 bits per heavy atom. The highest BCUT2D eigenvalue weighted by Crippen LogP contribution is 2.43. The van der Waals surface area contributed by atoms with Gasteiger partial charge in [0.25, 0.3) is 5.79 Å². The third-order valence-corrected chi connectivity index (χ3v) is 5.86. The van der Waals surface area contributed by atoms with Gasteiger partial charge in [0.1, 0.15) is 0 Å². The second kappa shape index (κ2) is 6.89. The van der Waals surface area contributed by atoms with E-state index in [4.69, 9.17) is 9.47 Å². The lowest BCUT2D eigenvalue weighted by atomic mass is 9.67. The zero-order chi connectivity index (χ0) is 21.7. The van der Waals surface area contributed by atoms with Gasteiger partial charge in [-0.2, -0.15) is 0 Å². The van der Waals surface area contributed by atoms with Crippen LogP contribution in [0.3, 0.4) is 0 Å². The molecule has 1 atom stereocenters. The zero-order valence-electron chi connectivity index (χ0n) is 19.1. The summed E-state index contributed by atoms with van der Waals surface area (Å²) in [5.41, 5.74) is 2.53. The summed E-state index contributed by atoms with van der Waals surface area (Å²) in [5, 5.41) is 0. The molecule has 28 heavy (non-hydrogen) atoms. The first kappa shape index (κ1) is 22.4. The van der Waals surface area contributed by atoms with Crippen molar-refractivity contribution in [3.8, 4) is 0 Å². The van der Waals surface area contributed by atoms with Crippen molar-refractivity contribution in [2.45, 2.75) is 97.7 Å². The van der Waals surface area contributed by atoms with Gasteiger partial charge in [0, 0.05) is 19.3 Å². The van der Waals surface area contributed by atoms with Gasteiger partial charge >= 0.3 is 11.9 Å². The van der Waals surface area contributed by atoms with E-state index in [0.29, 0.717) is 6.42 Å². The van der Waals surface area contributed by atoms with Gasteiger partial charge in [0.15, 0.2) is 5.92 Å². The number of cyclic esters (lactones) is 2. The van der Waals surface area contributed by atoms with Crippen LogP contribution in [0.4, 0.5) is 0 Å². The summed E-state index contributed by atoms with van der Waals surface area (Å²) in [6, 6.07) is 6.51. The number of rotatable bonds is 3. The summed E-state index contributed by atoms with van der Waals surface area (Å²) < 4.78 is 10.9. The minimum atomic E-state index is -1.22. The number of hydrogen-bond acceptors (Lipinski definition) is 4. The maximum Gasteiger partial charge on any atom is 0.324 e. The average Bonchev–Trinajstić information content (AvgIpc) is 2.50. The molecule has 1 aliphatic heterocycles. The van der Waals surface area contributed by atoms with Crippen LogP contribution in [0.5, 0.6) is 0 Å². The maximum absolute atomic E-state index is 12.8. The lowest BCUT2D eigenvalue weighted by molar-refractivity contribution is -0.243. The molecule has 0 N–H and O–H groups in total. The van der Waals surface area contributed by atoms with E-state index in [1.165, 1.54) is 11.1 Å². The van der Waals surface area contributed by atoms with Crippen molar-refractivity contribution in [2.75, 3.05) is 0 Å². The van der Waals surface area contributed by atoms with E-state index in [0.717, 1.165) is 5.56 Å². The predicted octanol–water partition coefficient (Wildman–Crippen LogP) is 5.40. The van der Waals surface area contributed by atoms with E-state index in [1.807, 2.05) is 13.8 Å². The Kier molecular flexibility index (Phi) is 5.53. The first-order valence-electron chi connectivity index (χ1n) is 10.1. The number of benzene rings is 1. The fraction of sp³-hybridized carbons (Fsp3) is 0.667. The van der Waals surface area contributed by atoms with Crippen molar-refractivity contribution in [1.82, 2.24) is 0 Å². The summed E-state index contributed by atoms with van der Waals surface area (Å²) in [6.45, 7) is 20.2. The highest BCUT2D eigenvalue weighted by atomic mass is 16.7. The Bertz CT molecular complexity index is 725. The van der Waals surface area contributed by atoms with Crippen molar-refractivity contribution >= 4 is 11.9 Å². The van der Waals surface area contributed by atoms with Gasteiger partial charge < -0.3 is 9.47 Å². The normalized spacial score (nSPS) is 20.4. The highest BCUT2D eigenvalue weighted by molar-refractivity contribution is 5.98. The second-order valence-electron chi connectivity index (χ2n) is 10.7. The summed E-state index contributed by atoms with van der Waals surface area (Å²) >= 11 is 0. The van der Waals surface area contributed by atoms with E-state index in [9.17, 15) is 9.59 Å². The molecule has 1 saturated heterocycles. The maximum atomic E-state index is 12.8. The van der Waals surface area contributed by atoms with Crippen LogP contribution >= 0.6 is 0 Å². The summed E-state index contributed by atoms with van der Waals surface area (Å²) in [5.74, 6) is -3.22. The van der Waals surface area contributed by atoms with Gasteiger partial charge in [-0.3, -0.25) is 9.59 Å². The highest BCUT2D eigenvalue weighted by Gasteiger charge is 2.53. The molecule has 0 aliphatic carbocycles. The van der Waals surface area contributed by atoms with Crippen molar-refractivity contribution in [3.05, 3.63) is 34.9 Å². The first-order chi connectivity index (χ1) is 12.5. The molecule has 156 valence electrons. The van der Waals surface area contributed by atoms with Crippen LogP contribution < -0.4 is 0 Å². The lowest BCUT2D eigenvalue weighted by Crippen LogP contribution is -2.53. The van der Waals surface area contributed by atoms with Crippen molar-refractivity contribution in [1.29, 1.82) is 0 Å². The van der Waals surface area contributed by atoms with Gasteiger partial charge in [0.2, 0.25) is 0 Å². The van der Waals surface area contributed by atoms with E-state index < -0.39 is 29.1 Å². The molecule has 1 aromatic rings. The Morgan fingerprint density at radius 3 is 1.46 bits per heavy atom. The number of hydrogen-bond donors (Lipinski definition) is 0. The molecule has 0 aromatic heterocycles. The van der Waals surface area contributed by atoms with Gasteiger partial charge in [-0.05, 0) is 33.9 Å². The average molecular weight is 389 g/mol. The smallest absolute Gasteiger partial charge is 0.324 e. The molecule has 4 heteroatoms. The van der Waals surface area contributed by atoms with Gasteiger partial charge in [-0.25, -0.2) is 0 Å². The quantitative estimate of drug-likeness (QED) is 0.514. The van der Waals surface area contributed by atoms with Crippen LogP contribution in [0.2, 0.25) is 0 Å².